The molecule has 2 aromatic rings. The molecule has 1 aliphatic heterocycles. The first-order valence-corrected chi connectivity index (χ1v) is 9.62. The SMILES string of the molecule is CCOc1ccc(N2CC(C(=O)NCC(O)c3ccc([N+](=O)[O-])cc3)CC2=O)cc1. The van der Waals surface area contributed by atoms with Gasteiger partial charge >= 0.3 is 0 Å². The molecule has 0 radical (unpaired) electrons. The normalized spacial score (nSPS) is 16.9. The Morgan fingerprint density at radius 3 is 2.53 bits per heavy atom. The second-order valence-electron chi connectivity index (χ2n) is 6.94. The van der Waals surface area contributed by atoms with Gasteiger partial charge in [0.2, 0.25) is 11.8 Å². The summed E-state index contributed by atoms with van der Waals surface area (Å²) < 4.78 is 5.39. The van der Waals surface area contributed by atoms with Crippen molar-refractivity contribution in [1.29, 1.82) is 0 Å². The van der Waals surface area contributed by atoms with Gasteiger partial charge < -0.3 is 20.1 Å². The van der Waals surface area contributed by atoms with Crippen LogP contribution < -0.4 is 15.0 Å². The molecular formula is C21H23N3O6. The Labute approximate surface area is 173 Å². The monoisotopic (exact) mass is 413 g/mol. The lowest BCUT2D eigenvalue weighted by atomic mass is 10.1. The average Bonchev–Trinajstić information content (AvgIpc) is 3.14. The molecule has 158 valence electrons. The maximum absolute atomic E-state index is 12.5. The highest BCUT2D eigenvalue weighted by Gasteiger charge is 2.35. The zero-order valence-electron chi connectivity index (χ0n) is 16.5. The summed E-state index contributed by atoms with van der Waals surface area (Å²) in [4.78, 5) is 36.6. The molecule has 0 bridgehead atoms. The molecule has 1 saturated heterocycles. The lowest BCUT2D eigenvalue weighted by molar-refractivity contribution is -0.384. The number of hydrogen-bond acceptors (Lipinski definition) is 6. The topological polar surface area (TPSA) is 122 Å². The van der Waals surface area contributed by atoms with Gasteiger partial charge in [0.05, 0.1) is 23.6 Å². The molecule has 1 aliphatic rings. The zero-order chi connectivity index (χ0) is 21.7. The van der Waals surface area contributed by atoms with Gasteiger partial charge in [0.25, 0.3) is 5.69 Å². The van der Waals surface area contributed by atoms with Crippen molar-refractivity contribution in [2.45, 2.75) is 19.4 Å². The Balaban J connectivity index is 1.54. The molecule has 9 nitrogen and oxygen atoms in total. The minimum absolute atomic E-state index is 0.0512. The van der Waals surface area contributed by atoms with E-state index in [0.29, 0.717) is 23.6 Å². The Morgan fingerprint density at radius 1 is 1.27 bits per heavy atom. The van der Waals surface area contributed by atoms with Gasteiger partial charge in [-0.25, -0.2) is 0 Å². The first-order chi connectivity index (χ1) is 14.4. The third kappa shape index (κ3) is 4.93. The summed E-state index contributed by atoms with van der Waals surface area (Å²) in [5.74, 6) is -0.275. The van der Waals surface area contributed by atoms with Crippen LogP contribution in [0.15, 0.2) is 48.5 Å². The van der Waals surface area contributed by atoms with Gasteiger partial charge in [0.1, 0.15) is 5.75 Å². The third-order valence-corrected chi connectivity index (χ3v) is 4.91. The Hall–Kier alpha value is -3.46. The number of carbonyl (C=O) groups is 2. The first-order valence-electron chi connectivity index (χ1n) is 9.62. The van der Waals surface area contributed by atoms with Gasteiger partial charge in [-0.05, 0) is 48.9 Å². The fourth-order valence-corrected chi connectivity index (χ4v) is 3.30. The van der Waals surface area contributed by atoms with Crippen LogP contribution in [0.1, 0.15) is 25.0 Å². The molecule has 0 aliphatic carbocycles. The summed E-state index contributed by atoms with van der Waals surface area (Å²) in [5, 5.41) is 23.6. The molecule has 2 N–H and O–H groups in total. The highest BCUT2D eigenvalue weighted by molar-refractivity contribution is 6.00. The van der Waals surface area contributed by atoms with Crippen LogP contribution in [0.3, 0.4) is 0 Å². The highest BCUT2D eigenvalue weighted by atomic mass is 16.6. The smallest absolute Gasteiger partial charge is 0.269 e. The van der Waals surface area contributed by atoms with Gasteiger partial charge in [-0.1, -0.05) is 0 Å². The van der Waals surface area contributed by atoms with E-state index in [-0.39, 0.29) is 37.0 Å². The van der Waals surface area contributed by atoms with E-state index in [0.717, 1.165) is 0 Å². The van der Waals surface area contributed by atoms with E-state index in [1.807, 2.05) is 6.92 Å². The molecule has 0 aromatic heterocycles. The van der Waals surface area contributed by atoms with Gasteiger partial charge in [0.15, 0.2) is 0 Å². The minimum atomic E-state index is -1.01. The number of nitrogens with zero attached hydrogens (tertiary/aromatic N) is 2. The predicted molar refractivity (Wildman–Crippen MR) is 109 cm³/mol. The number of nitro benzene ring substituents is 1. The van der Waals surface area contributed by atoms with E-state index < -0.39 is 16.9 Å². The summed E-state index contributed by atoms with van der Waals surface area (Å²) >= 11 is 0. The molecule has 3 rings (SSSR count). The quantitative estimate of drug-likeness (QED) is 0.505. The maximum Gasteiger partial charge on any atom is 0.269 e. The van der Waals surface area contributed by atoms with Gasteiger partial charge in [-0.3, -0.25) is 19.7 Å². The summed E-state index contributed by atoms with van der Waals surface area (Å²) in [7, 11) is 0. The lowest BCUT2D eigenvalue weighted by Crippen LogP contribution is -2.35. The molecule has 9 heteroatoms. The van der Waals surface area contributed by atoms with Crippen molar-refractivity contribution in [1.82, 2.24) is 5.32 Å². The molecule has 30 heavy (non-hydrogen) atoms. The summed E-state index contributed by atoms with van der Waals surface area (Å²) in [5.41, 5.74) is 1.08. The summed E-state index contributed by atoms with van der Waals surface area (Å²) in [6.07, 6.45) is -0.916. The van der Waals surface area contributed by atoms with Crippen LogP contribution in [0.5, 0.6) is 5.75 Å². The van der Waals surface area contributed by atoms with Crippen LogP contribution in [0.2, 0.25) is 0 Å². The van der Waals surface area contributed by atoms with Crippen LogP contribution in [0.4, 0.5) is 11.4 Å². The van der Waals surface area contributed by atoms with Crippen LogP contribution in [0.25, 0.3) is 0 Å². The Morgan fingerprint density at radius 2 is 1.93 bits per heavy atom. The highest BCUT2D eigenvalue weighted by Crippen LogP contribution is 2.27. The number of hydrogen-bond donors (Lipinski definition) is 2. The van der Waals surface area contributed by atoms with E-state index in [4.69, 9.17) is 4.74 Å². The first kappa shape index (κ1) is 21.3. The van der Waals surface area contributed by atoms with E-state index >= 15 is 0 Å². The molecule has 1 fully saturated rings. The Kier molecular flexibility index (Phi) is 6.63. The predicted octanol–water partition coefficient (Wildman–Crippen LogP) is 2.20. The lowest BCUT2D eigenvalue weighted by Gasteiger charge is -2.18. The third-order valence-electron chi connectivity index (χ3n) is 4.91. The standard InChI is InChI=1S/C21H23N3O6/c1-2-30-18-9-7-16(8-10-18)23-13-15(11-20(23)26)21(27)22-12-19(25)14-3-5-17(6-4-14)24(28)29/h3-10,15,19,25H,2,11-13H2,1H3,(H,22,27). The van der Waals surface area contributed by atoms with Crippen LogP contribution >= 0.6 is 0 Å². The molecule has 2 atom stereocenters. The number of carbonyl (C=O) groups excluding carboxylic acids is 2. The van der Waals surface area contributed by atoms with Gasteiger partial charge in [-0.15, -0.1) is 0 Å². The van der Waals surface area contributed by atoms with Crippen LogP contribution in [0, 0.1) is 16.0 Å². The Bertz CT molecular complexity index is 913. The average molecular weight is 413 g/mol. The molecule has 1 heterocycles. The van der Waals surface area contributed by atoms with Crippen molar-refractivity contribution in [2.75, 3.05) is 24.6 Å². The molecule has 0 saturated carbocycles. The number of nitrogens with one attached hydrogen (secondary N) is 1. The number of nitro groups is 1. The number of ether oxygens (including phenoxy) is 1. The summed E-state index contributed by atoms with van der Waals surface area (Å²) in [6, 6.07) is 12.6. The number of rotatable bonds is 8. The fourth-order valence-electron chi connectivity index (χ4n) is 3.30. The number of non-ortho nitro benzene ring substituents is 1. The second-order valence-corrected chi connectivity index (χ2v) is 6.94. The number of anilines is 1. The molecule has 2 amide bonds. The molecule has 0 spiro atoms. The van der Waals surface area contributed by atoms with Crippen LogP contribution in [-0.2, 0) is 9.59 Å². The van der Waals surface area contributed by atoms with E-state index in [9.17, 15) is 24.8 Å². The zero-order valence-corrected chi connectivity index (χ0v) is 16.5. The van der Waals surface area contributed by atoms with Crippen molar-refractivity contribution < 1.29 is 24.4 Å². The number of aliphatic hydroxyl groups excluding tert-OH is 1. The van der Waals surface area contributed by atoms with Crippen LogP contribution in [-0.4, -0.2) is 41.5 Å². The van der Waals surface area contributed by atoms with Crippen molar-refractivity contribution in [2.24, 2.45) is 5.92 Å². The van der Waals surface area contributed by atoms with Crippen molar-refractivity contribution in [3.05, 3.63) is 64.2 Å². The van der Waals surface area contributed by atoms with E-state index in [2.05, 4.69) is 5.32 Å². The summed E-state index contributed by atoms with van der Waals surface area (Å²) in [6.45, 7) is 2.65. The minimum Gasteiger partial charge on any atom is -0.494 e. The maximum atomic E-state index is 12.5. The molecule has 2 aromatic carbocycles. The van der Waals surface area contributed by atoms with Crippen molar-refractivity contribution >= 4 is 23.2 Å². The van der Waals surface area contributed by atoms with E-state index in [1.54, 1.807) is 29.2 Å². The van der Waals surface area contributed by atoms with E-state index in [1.165, 1.54) is 24.3 Å². The number of aliphatic hydroxyl groups is 1. The van der Waals surface area contributed by atoms with Crippen molar-refractivity contribution in [3.8, 4) is 5.75 Å². The fraction of sp³-hybridized carbons (Fsp3) is 0.333. The number of benzene rings is 2. The molecular weight excluding hydrogens is 390 g/mol. The van der Waals surface area contributed by atoms with Gasteiger partial charge in [0, 0.05) is 37.3 Å². The van der Waals surface area contributed by atoms with Crippen molar-refractivity contribution in [3.63, 3.8) is 0 Å². The second kappa shape index (κ2) is 9.36. The number of amides is 2. The molecule has 2 unspecified atom stereocenters. The van der Waals surface area contributed by atoms with Gasteiger partial charge in [-0.2, -0.15) is 0 Å². The largest absolute Gasteiger partial charge is 0.494 e.